The van der Waals surface area contributed by atoms with Crippen LogP contribution in [0.2, 0.25) is 0 Å². The summed E-state index contributed by atoms with van der Waals surface area (Å²) in [5, 5.41) is 5.43. The van der Waals surface area contributed by atoms with E-state index in [-0.39, 0.29) is 12.0 Å². The van der Waals surface area contributed by atoms with Crippen LogP contribution in [0.5, 0.6) is 11.6 Å². The Hall–Kier alpha value is -3.04. The van der Waals surface area contributed by atoms with Gasteiger partial charge < -0.3 is 14.4 Å². The van der Waals surface area contributed by atoms with Crippen LogP contribution in [0.25, 0.3) is 10.3 Å². The zero-order valence-electron chi connectivity index (χ0n) is 18.7. The molecular weight excluding hydrogens is 436 g/mol. The second-order valence-corrected chi connectivity index (χ2v) is 9.89. The molecule has 0 spiro atoms. The van der Waals surface area contributed by atoms with Gasteiger partial charge in [-0.15, -0.1) is 0 Å². The minimum atomic E-state index is 0.00167. The van der Waals surface area contributed by atoms with Gasteiger partial charge in [0.05, 0.1) is 18.3 Å². The van der Waals surface area contributed by atoms with E-state index >= 15 is 0 Å². The molecule has 0 N–H and O–H groups in total. The van der Waals surface area contributed by atoms with Gasteiger partial charge in [-0.1, -0.05) is 29.5 Å². The number of hydrogen-bond acceptors (Lipinski definition) is 8. The van der Waals surface area contributed by atoms with Gasteiger partial charge in [0, 0.05) is 38.4 Å². The molecule has 2 unspecified atom stereocenters. The van der Waals surface area contributed by atoms with Crippen molar-refractivity contribution < 1.29 is 9.47 Å². The monoisotopic (exact) mass is 462 g/mol. The van der Waals surface area contributed by atoms with Crippen molar-refractivity contribution in [2.24, 2.45) is 0 Å². The van der Waals surface area contributed by atoms with E-state index in [0.29, 0.717) is 24.2 Å². The Morgan fingerprint density at radius 3 is 2.73 bits per heavy atom. The van der Waals surface area contributed by atoms with Gasteiger partial charge in [0.15, 0.2) is 10.8 Å². The van der Waals surface area contributed by atoms with Crippen LogP contribution < -0.4 is 9.64 Å². The van der Waals surface area contributed by atoms with Gasteiger partial charge >= 0.3 is 0 Å². The zero-order valence-corrected chi connectivity index (χ0v) is 19.5. The smallest absolute Gasteiger partial charge is 0.242 e. The van der Waals surface area contributed by atoms with E-state index < -0.39 is 0 Å². The Morgan fingerprint density at radius 1 is 1.09 bits per heavy atom. The van der Waals surface area contributed by atoms with Crippen LogP contribution in [-0.4, -0.2) is 45.4 Å². The van der Waals surface area contributed by atoms with Crippen molar-refractivity contribution >= 4 is 26.8 Å². The van der Waals surface area contributed by atoms with Crippen LogP contribution in [0.3, 0.4) is 0 Å². The zero-order chi connectivity index (χ0) is 22.4. The van der Waals surface area contributed by atoms with Gasteiger partial charge in [-0.2, -0.15) is 15.1 Å². The number of anilines is 1. The number of aromatic nitrogens is 5. The maximum Gasteiger partial charge on any atom is 0.242 e. The first-order valence-electron chi connectivity index (χ1n) is 11.4. The van der Waals surface area contributed by atoms with Crippen LogP contribution in [0.1, 0.15) is 55.1 Å². The standard InChI is InChI=1S/C24H26N6O2S/c1-29(2)24-28-22-20(33-24)23(32-18-6-4-3-5-7-18)27-21(26-22)15-10-11-31-19(12-15)16-13-25-30(14-16)17-8-9-17/h3-7,13-15,17,19H,8-12H2,1-2H3. The fourth-order valence-electron chi connectivity index (χ4n) is 4.17. The molecule has 1 aromatic carbocycles. The van der Waals surface area contributed by atoms with Gasteiger partial charge in [0.1, 0.15) is 16.3 Å². The summed E-state index contributed by atoms with van der Waals surface area (Å²) >= 11 is 1.54. The molecule has 33 heavy (non-hydrogen) atoms. The summed E-state index contributed by atoms with van der Waals surface area (Å²) in [6.45, 7) is 0.667. The number of para-hydroxylation sites is 1. The first-order valence-corrected chi connectivity index (χ1v) is 12.2. The summed E-state index contributed by atoms with van der Waals surface area (Å²) in [7, 11) is 3.96. The van der Waals surface area contributed by atoms with Crippen LogP contribution in [0.4, 0.5) is 5.13 Å². The van der Waals surface area contributed by atoms with E-state index in [0.717, 1.165) is 39.8 Å². The van der Waals surface area contributed by atoms with Crippen LogP contribution in [-0.2, 0) is 4.74 Å². The summed E-state index contributed by atoms with van der Waals surface area (Å²) in [6, 6.07) is 10.3. The van der Waals surface area contributed by atoms with Crippen LogP contribution in [0.15, 0.2) is 42.7 Å². The topological polar surface area (TPSA) is 78.2 Å². The molecule has 1 aliphatic heterocycles. The van der Waals surface area contributed by atoms with Crippen molar-refractivity contribution in [3.05, 3.63) is 54.1 Å². The number of hydrogen-bond donors (Lipinski definition) is 0. The molecule has 0 bridgehead atoms. The number of fused-ring (bicyclic) bond motifs is 1. The Balaban J connectivity index is 1.33. The number of benzene rings is 1. The van der Waals surface area contributed by atoms with Crippen molar-refractivity contribution in [3.63, 3.8) is 0 Å². The molecule has 8 nitrogen and oxygen atoms in total. The molecule has 0 radical (unpaired) electrons. The van der Waals surface area contributed by atoms with Crippen LogP contribution in [0, 0.1) is 0 Å². The molecule has 6 rings (SSSR count). The van der Waals surface area contributed by atoms with Gasteiger partial charge in [-0.05, 0) is 37.8 Å². The lowest BCUT2D eigenvalue weighted by Crippen LogP contribution is -2.20. The highest BCUT2D eigenvalue weighted by molar-refractivity contribution is 7.22. The molecule has 0 amide bonds. The maximum absolute atomic E-state index is 6.22. The van der Waals surface area contributed by atoms with Crippen molar-refractivity contribution in [1.29, 1.82) is 0 Å². The van der Waals surface area contributed by atoms with E-state index in [9.17, 15) is 0 Å². The van der Waals surface area contributed by atoms with Crippen molar-refractivity contribution in [3.8, 4) is 11.6 Å². The summed E-state index contributed by atoms with van der Waals surface area (Å²) < 4.78 is 15.3. The number of thiazole rings is 1. The molecule has 1 aliphatic carbocycles. The fraction of sp³-hybridized carbons (Fsp3) is 0.417. The Bertz CT molecular complexity index is 1270. The molecular formula is C24H26N6O2S. The van der Waals surface area contributed by atoms with E-state index in [1.807, 2.05) is 55.5 Å². The summed E-state index contributed by atoms with van der Waals surface area (Å²) in [4.78, 5) is 16.5. The lowest BCUT2D eigenvalue weighted by Gasteiger charge is -2.28. The van der Waals surface area contributed by atoms with E-state index in [4.69, 9.17) is 24.4 Å². The molecule has 2 aliphatic rings. The summed E-state index contributed by atoms with van der Waals surface area (Å²) in [5.41, 5.74) is 1.82. The average molecular weight is 463 g/mol. The highest BCUT2D eigenvalue weighted by Gasteiger charge is 2.31. The SMILES string of the molecule is CN(C)c1nc2nc(C3CCOC(c4cnn(C5CC5)c4)C3)nc(Oc3ccccc3)c2s1. The highest BCUT2D eigenvalue weighted by Crippen LogP contribution is 2.41. The maximum atomic E-state index is 6.22. The largest absolute Gasteiger partial charge is 0.437 e. The molecule has 1 saturated carbocycles. The van der Waals surface area contributed by atoms with Gasteiger partial charge in [-0.25, -0.2) is 4.98 Å². The van der Waals surface area contributed by atoms with Crippen LogP contribution >= 0.6 is 11.3 Å². The normalized spacial score (nSPS) is 20.8. The Kier molecular flexibility index (Phi) is 5.22. The highest BCUT2D eigenvalue weighted by atomic mass is 32.1. The summed E-state index contributed by atoms with van der Waals surface area (Å²) in [5.74, 6) is 2.25. The predicted octanol–water partition coefficient (Wildman–Crippen LogP) is 5.11. The second-order valence-electron chi connectivity index (χ2n) is 8.91. The Labute approximate surface area is 196 Å². The van der Waals surface area contributed by atoms with Crippen molar-refractivity contribution in [1.82, 2.24) is 24.7 Å². The molecule has 2 fully saturated rings. The van der Waals surface area contributed by atoms with Crippen molar-refractivity contribution in [2.45, 2.75) is 43.7 Å². The first-order chi connectivity index (χ1) is 16.1. The third-order valence-corrected chi connectivity index (χ3v) is 7.33. The molecule has 1 saturated heterocycles. The first kappa shape index (κ1) is 20.6. The van der Waals surface area contributed by atoms with Gasteiger partial charge in [-0.3, -0.25) is 4.68 Å². The van der Waals surface area contributed by atoms with Gasteiger partial charge in [0.2, 0.25) is 5.88 Å². The quantitative estimate of drug-likeness (QED) is 0.394. The third-order valence-electron chi connectivity index (χ3n) is 6.13. The third kappa shape index (κ3) is 4.18. The summed E-state index contributed by atoms with van der Waals surface area (Å²) in [6.07, 6.45) is 8.21. The molecule has 4 aromatic rings. The fourth-order valence-corrected chi connectivity index (χ4v) is 5.02. The number of rotatable bonds is 6. The molecule has 2 atom stereocenters. The predicted molar refractivity (Wildman–Crippen MR) is 127 cm³/mol. The molecule has 9 heteroatoms. The van der Waals surface area contributed by atoms with E-state index in [1.54, 1.807) is 11.3 Å². The second kappa shape index (κ2) is 8.39. The van der Waals surface area contributed by atoms with E-state index in [1.165, 1.54) is 12.8 Å². The van der Waals surface area contributed by atoms with Crippen molar-refractivity contribution in [2.75, 3.05) is 25.6 Å². The van der Waals surface area contributed by atoms with Gasteiger partial charge in [0.25, 0.3) is 0 Å². The Morgan fingerprint density at radius 2 is 1.94 bits per heavy atom. The minimum Gasteiger partial charge on any atom is -0.437 e. The lowest BCUT2D eigenvalue weighted by molar-refractivity contribution is 0.00389. The lowest BCUT2D eigenvalue weighted by atomic mass is 9.92. The molecule has 4 heterocycles. The van der Waals surface area contributed by atoms with E-state index in [2.05, 4.69) is 16.0 Å². The average Bonchev–Trinajstić information content (AvgIpc) is 3.39. The molecule has 3 aromatic heterocycles. The molecule has 170 valence electrons. The minimum absolute atomic E-state index is 0.00167. The number of ether oxygens (including phenoxy) is 2. The number of nitrogens with zero attached hydrogens (tertiary/aromatic N) is 6.